The molecule has 0 amide bonds. The van der Waals surface area contributed by atoms with Gasteiger partial charge in [0.15, 0.2) is 0 Å². The Morgan fingerprint density at radius 2 is 1.20 bits per heavy atom. The van der Waals surface area contributed by atoms with Gasteiger partial charge in [0.1, 0.15) is 0 Å². The van der Waals surface area contributed by atoms with E-state index in [0.29, 0.717) is 0 Å². The van der Waals surface area contributed by atoms with E-state index < -0.39 is 0 Å². The molecule has 0 N–H and O–H groups in total. The first-order chi connectivity index (χ1) is 4.63. The Bertz CT molecular complexity index is 71.7. The molecule has 0 aliphatic carbocycles. The van der Waals surface area contributed by atoms with Crippen LogP contribution in [0.1, 0.15) is 12.8 Å². The molecule has 0 spiro atoms. The Balaban J connectivity index is 2.91. The van der Waals surface area contributed by atoms with Gasteiger partial charge in [0.05, 0.1) is 0 Å². The Kier molecular flexibility index (Phi) is 9.63. The van der Waals surface area contributed by atoms with Crippen LogP contribution in [0.3, 0.4) is 0 Å². The summed E-state index contributed by atoms with van der Waals surface area (Å²) in [6.45, 7) is 2.31. The predicted molar refractivity (Wildman–Crippen MR) is 70.1 cm³/mol. The van der Waals surface area contributed by atoms with E-state index in [-0.39, 0.29) is 0 Å². The first-order valence-corrected chi connectivity index (χ1v) is 5.95. The molecule has 62 valence electrons. The Labute approximate surface area is 95.4 Å². The predicted octanol–water partition coefficient (Wildman–Crippen LogP) is 2.65. The summed E-state index contributed by atoms with van der Waals surface area (Å²) >= 11 is 4.55. The molecule has 0 aromatic heterocycles. The number of nitrogens with zero attached hydrogens (tertiary/aromatic N) is 2. The van der Waals surface area contributed by atoms with Gasteiger partial charge in [-0.3, -0.25) is 0 Å². The Morgan fingerprint density at radius 3 is 1.40 bits per heavy atom. The highest BCUT2D eigenvalue weighted by Crippen LogP contribution is 2.11. The zero-order chi connectivity index (χ0) is 7.98. The molecule has 0 saturated heterocycles. The summed E-state index contributed by atoms with van der Waals surface area (Å²) in [4.78, 5) is 0. The lowest BCUT2D eigenvalue weighted by molar-refractivity contribution is 0.617. The van der Waals surface area contributed by atoms with E-state index >= 15 is 0 Å². The number of hydrogen-bond donors (Lipinski definition) is 0. The van der Waals surface area contributed by atoms with Crippen LogP contribution in [0.4, 0.5) is 0 Å². The molecule has 0 aliphatic heterocycles. The number of rotatable bonds is 5. The van der Waals surface area contributed by atoms with Gasteiger partial charge in [0.2, 0.25) is 0 Å². The molecule has 0 radical (unpaired) electrons. The van der Waals surface area contributed by atoms with E-state index in [1.165, 1.54) is 12.8 Å². The number of unbranched alkanes of at least 4 members (excludes halogenated alkanes) is 1. The Morgan fingerprint density at radius 1 is 0.900 bits per heavy atom. The van der Waals surface area contributed by atoms with E-state index in [2.05, 4.69) is 70.3 Å². The highest BCUT2D eigenvalue weighted by molar-refractivity contribution is 14.1. The van der Waals surface area contributed by atoms with Crippen LogP contribution in [-0.4, -0.2) is 18.9 Å². The molecule has 10 heavy (non-hydrogen) atoms. The first-order valence-electron chi connectivity index (χ1n) is 2.99. The summed E-state index contributed by atoms with van der Waals surface area (Å²) in [6, 6.07) is 0. The van der Waals surface area contributed by atoms with Crippen molar-refractivity contribution in [2.24, 2.45) is 0 Å². The zero-order valence-electron chi connectivity index (χ0n) is 5.63. The van der Waals surface area contributed by atoms with Crippen LogP contribution in [0.15, 0.2) is 0 Å². The summed E-state index contributed by atoms with van der Waals surface area (Å²) in [5, 5.41) is 0. The van der Waals surface area contributed by atoms with E-state index in [1.807, 2.05) is 0 Å². The van der Waals surface area contributed by atoms with Crippen LogP contribution < -0.4 is 0 Å². The maximum atomic E-state index is 2.65. The minimum atomic E-state index is 1.15. The van der Waals surface area contributed by atoms with Crippen LogP contribution in [0.5, 0.6) is 0 Å². The van der Waals surface area contributed by atoms with Gasteiger partial charge in [-0.2, -0.15) is 0 Å². The standard InChI is InChI=1S/C4H12I2N2P2/c5-7(9)3-1-2-4-8(6)10/h1-4,9-10H2. The highest BCUT2D eigenvalue weighted by atomic mass is 127. The monoisotopic (exact) mass is 404 g/mol. The minimum absolute atomic E-state index is 1.15. The van der Waals surface area contributed by atoms with Gasteiger partial charge in [-0.05, 0) is 12.8 Å². The lowest BCUT2D eigenvalue weighted by Crippen LogP contribution is -2.03. The molecule has 2 unspecified atom stereocenters. The second-order valence-electron chi connectivity index (χ2n) is 1.95. The summed E-state index contributed by atoms with van der Waals surface area (Å²) in [5.41, 5.74) is 0. The fraction of sp³-hybridized carbons (Fsp3) is 1.00. The van der Waals surface area contributed by atoms with Crippen molar-refractivity contribution in [2.45, 2.75) is 12.8 Å². The summed E-state index contributed by atoms with van der Waals surface area (Å²) in [5.74, 6) is 0. The largest absolute Gasteiger partial charge is 0.232 e. The molecule has 0 heterocycles. The average Bonchev–Trinajstić information content (AvgIpc) is 1.79. The fourth-order valence-corrected chi connectivity index (χ4v) is 1.57. The quantitative estimate of drug-likeness (QED) is 0.301. The summed E-state index contributed by atoms with van der Waals surface area (Å²) < 4.78 is 4.22. The van der Waals surface area contributed by atoms with E-state index in [9.17, 15) is 0 Å². The third kappa shape index (κ3) is 10.2. The molecule has 6 heteroatoms. The van der Waals surface area contributed by atoms with E-state index in [1.54, 1.807) is 0 Å². The fourth-order valence-electron chi connectivity index (χ4n) is 0.526. The number of hydrogen-bond acceptors (Lipinski definition) is 2. The molecule has 0 rings (SSSR count). The van der Waals surface area contributed by atoms with Crippen molar-refractivity contribution in [2.75, 3.05) is 13.1 Å². The maximum absolute atomic E-state index is 2.65. The van der Waals surface area contributed by atoms with Crippen molar-refractivity contribution >= 4 is 64.5 Å². The molecule has 0 fully saturated rings. The number of halogens is 2. The highest BCUT2D eigenvalue weighted by Gasteiger charge is 1.94. The minimum Gasteiger partial charge on any atom is -0.232 e. The van der Waals surface area contributed by atoms with Gasteiger partial charge in [0, 0.05) is 58.8 Å². The molecule has 2 atom stereocenters. The first kappa shape index (κ1) is 12.2. The maximum Gasteiger partial charge on any atom is 0.0238 e. The van der Waals surface area contributed by atoms with Crippen LogP contribution in [0.25, 0.3) is 0 Å². The normalized spacial score (nSPS) is 11.4. The van der Waals surface area contributed by atoms with Crippen molar-refractivity contribution in [3.63, 3.8) is 0 Å². The zero-order valence-corrected chi connectivity index (χ0v) is 12.3. The molecule has 0 saturated carbocycles. The van der Waals surface area contributed by atoms with Gasteiger partial charge >= 0.3 is 0 Å². The molecular formula is C4H12I2N2P2. The van der Waals surface area contributed by atoms with E-state index in [0.717, 1.165) is 13.1 Å². The summed E-state index contributed by atoms with van der Waals surface area (Å²) in [6.07, 6.45) is 2.53. The lowest BCUT2D eigenvalue weighted by atomic mass is 10.3. The summed E-state index contributed by atoms with van der Waals surface area (Å²) in [7, 11) is 5.30. The van der Waals surface area contributed by atoms with Crippen molar-refractivity contribution in [1.29, 1.82) is 0 Å². The van der Waals surface area contributed by atoms with Crippen LogP contribution in [0, 0.1) is 0 Å². The third-order valence-electron chi connectivity index (χ3n) is 0.993. The second kappa shape index (κ2) is 7.87. The second-order valence-corrected chi connectivity index (χ2v) is 7.78. The van der Waals surface area contributed by atoms with Gasteiger partial charge in [-0.1, -0.05) is 18.8 Å². The lowest BCUT2D eigenvalue weighted by Gasteiger charge is -2.08. The van der Waals surface area contributed by atoms with Crippen molar-refractivity contribution in [1.82, 2.24) is 5.77 Å². The molecule has 0 aromatic carbocycles. The van der Waals surface area contributed by atoms with Crippen LogP contribution in [0.2, 0.25) is 0 Å². The van der Waals surface area contributed by atoms with E-state index in [4.69, 9.17) is 0 Å². The molecule has 0 bridgehead atoms. The average molecular weight is 404 g/mol. The molecule has 2 nitrogen and oxygen atoms in total. The van der Waals surface area contributed by atoms with Gasteiger partial charge in [-0.15, -0.1) is 0 Å². The van der Waals surface area contributed by atoms with Gasteiger partial charge in [0.25, 0.3) is 0 Å². The van der Waals surface area contributed by atoms with Crippen LogP contribution in [-0.2, 0) is 0 Å². The molecule has 0 aliphatic rings. The van der Waals surface area contributed by atoms with Gasteiger partial charge < -0.3 is 0 Å². The smallest absolute Gasteiger partial charge is 0.0238 e. The third-order valence-corrected chi connectivity index (χ3v) is 2.47. The van der Waals surface area contributed by atoms with Crippen molar-refractivity contribution in [3.8, 4) is 0 Å². The topological polar surface area (TPSA) is 6.48 Å². The SMILES string of the molecule is PN(I)CCCCN(P)I. The molecular weight excluding hydrogens is 392 g/mol. The van der Waals surface area contributed by atoms with Crippen molar-refractivity contribution in [3.05, 3.63) is 0 Å². The Hall–Kier alpha value is 2.24. The van der Waals surface area contributed by atoms with Crippen molar-refractivity contribution < 1.29 is 0 Å². The van der Waals surface area contributed by atoms with Gasteiger partial charge in [-0.25, -0.2) is 5.77 Å². The van der Waals surface area contributed by atoms with Crippen LogP contribution >= 0.6 is 64.5 Å². The molecule has 0 aromatic rings.